The summed E-state index contributed by atoms with van der Waals surface area (Å²) in [5.74, 6) is 0.595. The molecular weight excluding hydrogens is 526 g/mol. The predicted octanol–water partition coefficient (Wildman–Crippen LogP) is 7.30. The second-order valence-corrected chi connectivity index (χ2v) is 17.8. The third-order valence-electron chi connectivity index (χ3n) is 8.17. The van der Waals surface area contributed by atoms with E-state index in [1.54, 1.807) is 7.11 Å². The van der Waals surface area contributed by atoms with E-state index in [9.17, 15) is 4.79 Å². The molecule has 41 heavy (non-hydrogen) atoms. The molecular formula is C35H51NO4Si. The third-order valence-corrected chi connectivity index (χ3v) is 12.6. The van der Waals surface area contributed by atoms with E-state index in [1.807, 2.05) is 26.8 Å². The zero-order chi connectivity index (χ0) is 30.2. The molecule has 1 aliphatic rings. The maximum Gasteiger partial charge on any atom is 0.408 e. The number of methoxy groups -OCH3 is 1. The van der Waals surface area contributed by atoms with E-state index >= 15 is 0 Å². The maximum absolute atomic E-state index is 13.0. The van der Waals surface area contributed by atoms with Crippen molar-refractivity contribution in [3.8, 4) is 0 Å². The molecule has 224 valence electrons. The highest BCUT2D eigenvalue weighted by Gasteiger charge is 2.49. The van der Waals surface area contributed by atoms with E-state index in [4.69, 9.17) is 14.2 Å². The normalized spacial score (nSPS) is 22.4. The van der Waals surface area contributed by atoms with Gasteiger partial charge in [0.1, 0.15) is 5.60 Å². The van der Waals surface area contributed by atoms with Gasteiger partial charge in [0, 0.05) is 19.6 Å². The van der Waals surface area contributed by atoms with Gasteiger partial charge in [-0.25, -0.2) is 4.79 Å². The Balaban J connectivity index is 1.86. The van der Waals surface area contributed by atoms with Crippen molar-refractivity contribution in [3.05, 3.63) is 90.0 Å². The van der Waals surface area contributed by atoms with E-state index in [0.717, 1.165) is 12.0 Å². The molecule has 0 unspecified atom stereocenters. The molecule has 1 N–H and O–H groups in total. The van der Waals surface area contributed by atoms with Crippen molar-refractivity contribution >= 4 is 19.4 Å². The number of nitrogens with one attached hydrogen (secondary N) is 1. The molecule has 2 aromatic rings. The van der Waals surface area contributed by atoms with Crippen molar-refractivity contribution in [2.24, 2.45) is 11.8 Å². The van der Waals surface area contributed by atoms with Crippen LogP contribution in [0.15, 0.2) is 84.5 Å². The number of hydrogen-bond acceptors (Lipinski definition) is 4. The molecule has 6 heteroatoms. The third kappa shape index (κ3) is 9.42. The maximum atomic E-state index is 13.0. The monoisotopic (exact) mass is 577 g/mol. The average Bonchev–Trinajstić information content (AvgIpc) is 3.31. The number of benzene rings is 2. The minimum absolute atomic E-state index is 0.0671. The molecule has 0 aliphatic carbocycles. The lowest BCUT2D eigenvalue weighted by atomic mass is 9.95. The molecule has 0 saturated carbocycles. The fraction of sp³-hybridized carbons (Fsp3) is 0.514. The second kappa shape index (κ2) is 14.5. The zero-order valence-corrected chi connectivity index (χ0v) is 27.5. The molecule has 5 nitrogen and oxygen atoms in total. The Morgan fingerprint density at radius 3 is 2.29 bits per heavy atom. The summed E-state index contributed by atoms with van der Waals surface area (Å²) in [4.78, 5) is 13.0. The van der Waals surface area contributed by atoms with Gasteiger partial charge < -0.3 is 19.5 Å². The highest BCUT2D eigenvalue weighted by molar-refractivity contribution is 6.91. The molecule has 1 heterocycles. The van der Waals surface area contributed by atoms with Gasteiger partial charge in [0.2, 0.25) is 0 Å². The van der Waals surface area contributed by atoms with Crippen molar-refractivity contribution in [1.82, 2.24) is 5.32 Å². The molecule has 2 aromatic carbocycles. The van der Waals surface area contributed by atoms with Crippen molar-refractivity contribution in [1.29, 1.82) is 0 Å². The second-order valence-electron chi connectivity index (χ2n) is 13.2. The summed E-state index contributed by atoms with van der Waals surface area (Å²) >= 11 is 0. The highest BCUT2D eigenvalue weighted by Crippen LogP contribution is 2.42. The van der Waals surface area contributed by atoms with Crippen molar-refractivity contribution < 1.29 is 19.0 Å². The summed E-state index contributed by atoms with van der Waals surface area (Å²) in [7, 11) is -0.176. The molecule has 1 fully saturated rings. The Kier molecular flexibility index (Phi) is 11.6. The SMILES string of the molecule is CO[C@@H](Cc1ccccc1)[C@@H](C)/C=C(C)/C=C/[C@H](NC(=O)OC(C)(C)C)[C@H]1OC[C@@H](C)[C@@H]1[Si](C)(C)c1ccccc1. The Morgan fingerprint density at radius 1 is 1.10 bits per heavy atom. The fourth-order valence-electron chi connectivity index (χ4n) is 6.15. The lowest BCUT2D eigenvalue weighted by Crippen LogP contribution is -2.55. The molecule has 0 aromatic heterocycles. The van der Waals surface area contributed by atoms with Crippen molar-refractivity contribution in [2.45, 2.75) is 90.4 Å². The standard InChI is InChI=1S/C35H51NO4Si/c1-25(22-26(2)31(38-7)23-28-16-12-10-13-17-28)20-21-30(36-34(37)40-35(4,5)6)32-33(27(3)24-39-32)41(8,9)29-18-14-11-15-19-29/h10-22,26-27,30-33H,23-24H2,1-9H3,(H,36,37)/b21-20+,25-22+/t26-,27+,30-,31-,32+,33-/m0/s1. The van der Waals surface area contributed by atoms with Gasteiger partial charge in [-0.15, -0.1) is 0 Å². The summed E-state index contributed by atoms with van der Waals surface area (Å²) in [5, 5.41) is 4.57. The largest absolute Gasteiger partial charge is 0.444 e. The summed E-state index contributed by atoms with van der Waals surface area (Å²) in [5.41, 5.74) is 2.11. The first-order valence-corrected chi connectivity index (χ1v) is 18.0. The van der Waals surface area contributed by atoms with Crippen LogP contribution in [-0.4, -0.2) is 51.7 Å². The Hall–Kier alpha value is -2.67. The summed E-state index contributed by atoms with van der Waals surface area (Å²) in [6.07, 6.45) is 6.79. The first-order chi connectivity index (χ1) is 19.3. The summed E-state index contributed by atoms with van der Waals surface area (Å²) < 4.78 is 18.0. The number of carbonyl (C=O) groups excluding carboxylic acids is 1. The van der Waals surface area contributed by atoms with Crippen LogP contribution in [0.5, 0.6) is 0 Å². The number of carbonyl (C=O) groups is 1. The van der Waals surface area contributed by atoms with Gasteiger partial charge in [0.15, 0.2) is 0 Å². The van der Waals surface area contributed by atoms with E-state index in [0.29, 0.717) is 18.1 Å². The first-order valence-electron chi connectivity index (χ1n) is 14.9. The van der Waals surface area contributed by atoms with Crippen LogP contribution in [0.2, 0.25) is 18.6 Å². The number of ether oxygens (including phenoxy) is 3. The van der Waals surface area contributed by atoms with E-state index in [1.165, 1.54) is 10.8 Å². The number of amides is 1. The van der Waals surface area contributed by atoms with E-state index < -0.39 is 19.8 Å². The minimum Gasteiger partial charge on any atom is -0.444 e. The Morgan fingerprint density at radius 2 is 1.71 bits per heavy atom. The van der Waals surface area contributed by atoms with E-state index in [-0.39, 0.29) is 24.2 Å². The summed E-state index contributed by atoms with van der Waals surface area (Å²) in [6, 6.07) is 20.9. The fourth-order valence-corrected chi connectivity index (χ4v) is 10.2. The van der Waals surface area contributed by atoms with Crippen LogP contribution in [0.25, 0.3) is 0 Å². The summed E-state index contributed by atoms with van der Waals surface area (Å²) in [6.45, 7) is 17.7. The van der Waals surface area contributed by atoms with Crippen LogP contribution < -0.4 is 10.5 Å². The van der Waals surface area contributed by atoms with Gasteiger partial charge in [-0.2, -0.15) is 0 Å². The van der Waals surface area contributed by atoms with Crippen LogP contribution in [0.3, 0.4) is 0 Å². The molecule has 0 radical (unpaired) electrons. The first kappa shape index (κ1) is 32.8. The van der Waals surface area contributed by atoms with Crippen LogP contribution in [0.1, 0.15) is 47.1 Å². The lowest BCUT2D eigenvalue weighted by Gasteiger charge is -2.38. The molecule has 0 spiro atoms. The smallest absolute Gasteiger partial charge is 0.408 e. The average molecular weight is 578 g/mol. The van der Waals surface area contributed by atoms with Gasteiger partial charge >= 0.3 is 6.09 Å². The number of alkyl carbamates (subject to hydrolysis) is 1. The van der Waals surface area contributed by atoms with Crippen LogP contribution in [0.4, 0.5) is 4.79 Å². The van der Waals surface area contributed by atoms with Crippen molar-refractivity contribution in [3.63, 3.8) is 0 Å². The van der Waals surface area contributed by atoms with Crippen LogP contribution in [0, 0.1) is 11.8 Å². The Bertz CT molecular complexity index is 1160. The minimum atomic E-state index is -1.95. The molecule has 6 atom stereocenters. The molecule has 1 amide bonds. The molecule has 0 bridgehead atoms. The number of rotatable bonds is 11. The lowest BCUT2D eigenvalue weighted by molar-refractivity contribution is 0.0411. The van der Waals surface area contributed by atoms with Gasteiger partial charge in [0.05, 0.1) is 26.3 Å². The number of hydrogen-bond donors (Lipinski definition) is 1. The molecule has 1 saturated heterocycles. The van der Waals surface area contributed by atoms with Crippen LogP contribution in [-0.2, 0) is 20.6 Å². The van der Waals surface area contributed by atoms with Gasteiger partial charge in [-0.05, 0) is 51.1 Å². The van der Waals surface area contributed by atoms with Gasteiger partial charge in [0.25, 0.3) is 0 Å². The van der Waals surface area contributed by atoms with Gasteiger partial charge in [-0.3, -0.25) is 0 Å². The zero-order valence-electron chi connectivity index (χ0n) is 26.5. The topological polar surface area (TPSA) is 56.8 Å². The van der Waals surface area contributed by atoms with Gasteiger partial charge in [-0.1, -0.05) is 117 Å². The predicted molar refractivity (Wildman–Crippen MR) is 172 cm³/mol. The quantitative estimate of drug-likeness (QED) is 0.225. The van der Waals surface area contributed by atoms with E-state index in [2.05, 4.69) is 112 Å². The van der Waals surface area contributed by atoms with Crippen LogP contribution >= 0.6 is 0 Å². The number of allylic oxidation sites excluding steroid dienone is 2. The van der Waals surface area contributed by atoms with Crippen molar-refractivity contribution in [2.75, 3.05) is 13.7 Å². The molecule has 1 aliphatic heterocycles. The molecule has 3 rings (SSSR count). The highest BCUT2D eigenvalue weighted by atomic mass is 28.3. The Labute approximate surface area is 249 Å².